The molecule has 0 aliphatic rings. The van der Waals surface area contributed by atoms with Gasteiger partial charge < -0.3 is 19.6 Å². The number of halogens is 3. The van der Waals surface area contributed by atoms with Gasteiger partial charge in [0, 0.05) is 12.6 Å². The van der Waals surface area contributed by atoms with Gasteiger partial charge in [-0.05, 0) is 60.7 Å². The molecular weight excluding hydrogens is 437 g/mol. The number of aromatic nitrogens is 1. The largest absolute Gasteiger partial charge is 0.487 e. The van der Waals surface area contributed by atoms with Crippen LogP contribution in [0.5, 0.6) is 5.75 Å². The minimum Gasteiger partial charge on any atom is -0.487 e. The quantitative estimate of drug-likeness (QED) is 0.361. The molecule has 1 amide bonds. The number of carboxylic acid groups (broad SMARTS) is 1. The summed E-state index contributed by atoms with van der Waals surface area (Å²) >= 11 is 0. The Morgan fingerprint density at radius 2 is 1.79 bits per heavy atom. The lowest BCUT2D eigenvalue weighted by Crippen LogP contribution is -2.21. The molecule has 0 bridgehead atoms. The second-order valence-electron chi connectivity index (χ2n) is 7.25. The van der Waals surface area contributed by atoms with E-state index in [1.807, 2.05) is 24.3 Å². The highest BCUT2D eigenvalue weighted by atomic mass is 19.4. The summed E-state index contributed by atoms with van der Waals surface area (Å²) < 4.78 is 48.9. The Morgan fingerprint density at radius 1 is 1.06 bits per heavy atom. The number of amides is 1. The summed E-state index contributed by atoms with van der Waals surface area (Å²) in [6.07, 6.45) is 1.78. The van der Waals surface area contributed by atoms with Crippen molar-refractivity contribution in [2.75, 3.05) is 6.54 Å². The second-order valence-corrected chi connectivity index (χ2v) is 7.25. The molecule has 3 rings (SSSR count). The summed E-state index contributed by atoms with van der Waals surface area (Å²) in [5, 5.41) is 10.9. The number of ether oxygens (including phenoxy) is 1. The van der Waals surface area contributed by atoms with Crippen molar-refractivity contribution in [1.82, 2.24) is 10.3 Å². The van der Waals surface area contributed by atoms with Crippen LogP contribution in [0.1, 0.15) is 41.1 Å². The Balaban J connectivity index is 1.44. The van der Waals surface area contributed by atoms with Gasteiger partial charge in [0.25, 0.3) is 0 Å². The van der Waals surface area contributed by atoms with Crippen LogP contribution in [0.4, 0.5) is 18.0 Å². The maximum Gasteiger partial charge on any atom is 0.416 e. The smallest absolute Gasteiger partial charge is 0.416 e. The van der Waals surface area contributed by atoms with E-state index in [4.69, 9.17) is 14.3 Å². The summed E-state index contributed by atoms with van der Waals surface area (Å²) in [6.45, 7) is 0.646. The number of unbranched alkanes of at least 4 members (excludes halogenated alkanes) is 1. The molecule has 0 saturated carbocycles. The van der Waals surface area contributed by atoms with Gasteiger partial charge in [-0.1, -0.05) is 24.3 Å². The molecule has 0 radical (unpaired) electrons. The van der Waals surface area contributed by atoms with E-state index in [9.17, 15) is 18.0 Å². The monoisotopic (exact) mass is 460 g/mol. The van der Waals surface area contributed by atoms with Gasteiger partial charge in [-0.3, -0.25) is 0 Å². The highest BCUT2D eigenvalue weighted by Crippen LogP contribution is 2.29. The highest BCUT2D eigenvalue weighted by Gasteiger charge is 2.29. The van der Waals surface area contributed by atoms with Crippen LogP contribution in [0.2, 0.25) is 0 Å². The molecule has 0 unspecified atom stereocenters. The molecule has 174 valence electrons. The minimum atomic E-state index is -4.36. The lowest BCUT2D eigenvalue weighted by Gasteiger charge is -2.06. The maximum absolute atomic E-state index is 12.6. The summed E-state index contributed by atoms with van der Waals surface area (Å²) in [7, 11) is 0. The van der Waals surface area contributed by atoms with Gasteiger partial charge in [0.15, 0.2) is 0 Å². The van der Waals surface area contributed by atoms with Gasteiger partial charge in [0.1, 0.15) is 24.3 Å². The summed E-state index contributed by atoms with van der Waals surface area (Å²) in [5.41, 5.74) is 1.61. The third-order valence-electron chi connectivity index (χ3n) is 4.70. The van der Waals surface area contributed by atoms with Crippen LogP contribution >= 0.6 is 0 Å². The van der Waals surface area contributed by atoms with E-state index in [1.54, 1.807) is 12.2 Å². The number of nitrogens with one attached hydrogen (secondary N) is 1. The van der Waals surface area contributed by atoms with Gasteiger partial charge in [-0.15, -0.1) is 0 Å². The zero-order valence-corrected chi connectivity index (χ0v) is 17.6. The molecule has 0 fully saturated rings. The molecule has 6 nitrogen and oxygen atoms in total. The van der Waals surface area contributed by atoms with E-state index < -0.39 is 17.8 Å². The van der Waals surface area contributed by atoms with Crippen molar-refractivity contribution in [3.8, 4) is 5.75 Å². The van der Waals surface area contributed by atoms with Gasteiger partial charge in [0.05, 0.1) is 5.56 Å². The molecule has 0 aliphatic heterocycles. The maximum atomic E-state index is 12.6. The first-order chi connectivity index (χ1) is 15.8. The first-order valence-corrected chi connectivity index (χ1v) is 10.3. The fourth-order valence-corrected chi connectivity index (χ4v) is 2.98. The van der Waals surface area contributed by atoms with Crippen molar-refractivity contribution in [3.05, 3.63) is 83.1 Å². The van der Waals surface area contributed by atoms with Crippen LogP contribution in [0.3, 0.4) is 0 Å². The van der Waals surface area contributed by atoms with Gasteiger partial charge in [0.2, 0.25) is 5.89 Å². The Hall–Kier alpha value is -3.75. The van der Waals surface area contributed by atoms with E-state index in [0.717, 1.165) is 37.0 Å². The van der Waals surface area contributed by atoms with Crippen LogP contribution in [-0.2, 0) is 19.2 Å². The first kappa shape index (κ1) is 23.9. The predicted molar refractivity (Wildman–Crippen MR) is 117 cm³/mol. The average molecular weight is 460 g/mol. The van der Waals surface area contributed by atoms with Crippen LogP contribution in [-0.4, -0.2) is 22.7 Å². The predicted octanol–water partition coefficient (Wildman–Crippen LogP) is 6.03. The minimum absolute atomic E-state index is 0.206. The number of oxazole rings is 1. The SMILES string of the molecule is O=C(O)NCCCCc1ccc(OCc2coc(C=Cc3ccc(C(F)(F)F)cc3)n2)cc1. The Bertz CT molecular complexity index is 1060. The third kappa shape index (κ3) is 8.03. The number of rotatable bonds is 10. The zero-order chi connectivity index (χ0) is 23.7. The van der Waals surface area contributed by atoms with Crippen molar-refractivity contribution >= 4 is 18.2 Å². The molecule has 0 aliphatic carbocycles. The Kier molecular flexibility index (Phi) is 8.12. The molecule has 2 aromatic carbocycles. The standard InChI is InChI=1S/C24H23F3N2O4/c25-24(26,27)19-9-4-18(5-10-19)8-13-22-29-20(16-33-22)15-32-21-11-6-17(7-12-21)3-1-2-14-28-23(30)31/h4-13,16,28H,1-3,14-15H2,(H,30,31). The highest BCUT2D eigenvalue weighted by molar-refractivity contribution is 5.66. The number of benzene rings is 2. The average Bonchev–Trinajstić information content (AvgIpc) is 3.24. The molecule has 0 spiro atoms. The lowest BCUT2D eigenvalue weighted by atomic mass is 10.1. The van der Waals surface area contributed by atoms with Gasteiger partial charge in [-0.2, -0.15) is 13.2 Å². The molecular formula is C24H23F3N2O4. The topological polar surface area (TPSA) is 84.6 Å². The molecule has 0 atom stereocenters. The molecule has 1 aromatic heterocycles. The van der Waals surface area contributed by atoms with Crippen molar-refractivity contribution in [1.29, 1.82) is 0 Å². The number of aryl methyl sites for hydroxylation is 1. The third-order valence-corrected chi connectivity index (χ3v) is 4.70. The van der Waals surface area contributed by atoms with Gasteiger partial charge in [-0.25, -0.2) is 9.78 Å². The molecule has 9 heteroatoms. The van der Waals surface area contributed by atoms with Crippen molar-refractivity contribution in [2.24, 2.45) is 0 Å². The van der Waals surface area contributed by atoms with Crippen LogP contribution in [0.25, 0.3) is 12.2 Å². The molecule has 1 heterocycles. The van der Waals surface area contributed by atoms with Crippen LogP contribution in [0.15, 0.2) is 59.2 Å². The number of hydrogen-bond acceptors (Lipinski definition) is 4. The number of nitrogens with zero attached hydrogens (tertiary/aromatic N) is 1. The van der Waals surface area contributed by atoms with Crippen LogP contribution < -0.4 is 10.1 Å². The molecule has 0 saturated heterocycles. The number of carbonyl (C=O) groups is 1. The van der Waals surface area contributed by atoms with E-state index >= 15 is 0 Å². The first-order valence-electron chi connectivity index (χ1n) is 10.3. The summed E-state index contributed by atoms with van der Waals surface area (Å²) in [6, 6.07) is 12.4. The van der Waals surface area contributed by atoms with Crippen molar-refractivity contribution < 1.29 is 32.2 Å². The van der Waals surface area contributed by atoms with Crippen molar-refractivity contribution in [3.63, 3.8) is 0 Å². The molecule has 3 aromatic rings. The van der Waals surface area contributed by atoms with Gasteiger partial charge >= 0.3 is 12.3 Å². The second kappa shape index (κ2) is 11.2. The van der Waals surface area contributed by atoms with E-state index in [-0.39, 0.29) is 6.61 Å². The Morgan fingerprint density at radius 3 is 2.45 bits per heavy atom. The van der Waals surface area contributed by atoms with Crippen LogP contribution in [0, 0.1) is 0 Å². The molecule has 33 heavy (non-hydrogen) atoms. The normalized spacial score (nSPS) is 11.6. The fourth-order valence-electron chi connectivity index (χ4n) is 2.98. The zero-order valence-electron chi connectivity index (χ0n) is 17.6. The molecule has 2 N–H and O–H groups in total. The summed E-state index contributed by atoms with van der Waals surface area (Å²) in [4.78, 5) is 14.7. The fraction of sp³-hybridized carbons (Fsp3) is 0.250. The lowest BCUT2D eigenvalue weighted by molar-refractivity contribution is -0.137. The van der Waals surface area contributed by atoms with E-state index in [2.05, 4.69) is 10.3 Å². The summed E-state index contributed by atoms with van der Waals surface area (Å²) in [5.74, 6) is 0.998. The van der Waals surface area contributed by atoms with E-state index in [1.165, 1.54) is 18.4 Å². The van der Waals surface area contributed by atoms with Crippen molar-refractivity contribution in [2.45, 2.75) is 32.0 Å². The number of hydrogen-bond donors (Lipinski definition) is 2. The van der Waals surface area contributed by atoms with E-state index in [0.29, 0.717) is 29.4 Å². The Labute approximate surface area is 188 Å². The number of alkyl halides is 3.